The predicted octanol–water partition coefficient (Wildman–Crippen LogP) is 2.48. The Kier molecular flexibility index (Phi) is 5.13. The molecule has 1 aromatic carbocycles. The highest BCUT2D eigenvalue weighted by Crippen LogP contribution is 2.29. The Bertz CT molecular complexity index is 951. The second kappa shape index (κ2) is 7.41. The normalized spacial score (nSPS) is 21.3. The minimum Gasteiger partial charge on any atom is -0.306 e. The summed E-state index contributed by atoms with van der Waals surface area (Å²) in [6.07, 6.45) is 6.63. The topological polar surface area (TPSA) is 78.4 Å². The quantitative estimate of drug-likeness (QED) is 0.868. The minimum absolute atomic E-state index is 0.0279. The summed E-state index contributed by atoms with van der Waals surface area (Å²) in [5.74, 6) is 0. The Hall–Kier alpha value is -1.64. The largest absolute Gasteiger partial charge is 0.326 e. The van der Waals surface area contributed by atoms with Crippen molar-refractivity contribution in [1.82, 2.24) is 18.2 Å². The van der Waals surface area contributed by atoms with Gasteiger partial charge >= 0.3 is 5.69 Å². The minimum atomic E-state index is -3.44. The average Bonchev–Trinajstić information content (AvgIpc) is 3.04. The Morgan fingerprint density at radius 1 is 1.04 bits per heavy atom. The van der Waals surface area contributed by atoms with Crippen LogP contribution < -0.4 is 5.69 Å². The number of aromatic amines is 1. The average molecular weight is 393 g/mol. The summed E-state index contributed by atoms with van der Waals surface area (Å²) < 4.78 is 31.0. The molecule has 2 fully saturated rings. The van der Waals surface area contributed by atoms with Crippen molar-refractivity contribution in [3.63, 3.8) is 0 Å². The molecule has 0 bridgehead atoms. The third kappa shape index (κ3) is 3.46. The highest BCUT2D eigenvalue weighted by Gasteiger charge is 2.35. The van der Waals surface area contributed by atoms with E-state index in [1.54, 1.807) is 20.2 Å². The van der Waals surface area contributed by atoms with Crippen LogP contribution in [-0.4, -0.2) is 52.8 Å². The van der Waals surface area contributed by atoms with Crippen LogP contribution in [0.3, 0.4) is 0 Å². The molecule has 0 spiro atoms. The van der Waals surface area contributed by atoms with Gasteiger partial charge in [-0.15, -0.1) is 0 Å². The molecule has 1 saturated carbocycles. The lowest BCUT2D eigenvalue weighted by molar-refractivity contribution is 0.232. The molecular formula is C19H28N4O3S. The Labute approximate surface area is 160 Å². The van der Waals surface area contributed by atoms with Gasteiger partial charge in [-0.1, -0.05) is 31.4 Å². The maximum atomic E-state index is 13.0. The van der Waals surface area contributed by atoms with Gasteiger partial charge in [-0.25, -0.2) is 4.79 Å². The van der Waals surface area contributed by atoms with Crippen LogP contribution in [-0.2, 0) is 10.2 Å². The van der Waals surface area contributed by atoms with Gasteiger partial charge in [-0.3, -0.25) is 4.57 Å². The second-order valence-electron chi connectivity index (χ2n) is 7.76. The van der Waals surface area contributed by atoms with Crippen molar-refractivity contribution in [2.75, 3.05) is 20.1 Å². The van der Waals surface area contributed by atoms with Gasteiger partial charge in [0, 0.05) is 32.2 Å². The summed E-state index contributed by atoms with van der Waals surface area (Å²) in [6, 6.07) is 7.81. The molecule has 2 heterocycles. The van der Waals surface area contributed by atoms with E-state index in [4.69, 9.17) is 0 Å². The number of hydrogen-bond acceptors (Lipinski definition) is 3. The molecule has 2 aliphatic rings. The third-order valence-corrected chi connectivity index (χ3v) is 8.24. The van der Waals surface area contributed by atoms with E-state index in [0.717, 1.165) is 36.7 Å². The molecular weight excluding hydrogens is 364 g/mol. The zero-order valence-electron chi connectivity index (χ0n) is 15.8. The first-order chi connectivity index (χ1) is 13.0. The smallest absolute Gasteiger partial charge is 0.306 e. The van der Waals surface area contributed by atoms with Gasteiger partial charge < -0.3 is 4.98 Å². The Morgan fingerprint density at radius 3 is 2.41 bits per heavy atom. The van der Waals surface area contributed by atoms with Gasteiger partial charge in [0.1, 0.15) is 0 Å². The lowest BCUT2D eigenvalue weighted by Gasteiger charge is -2.37. The number of imidazole rings is 1. The van der Waals surface area contributed by atoms with Gasteiger partial charge in [-0.2, -0.15) is 17.0 Å². The van der Waals surface area contributed by atoms with Gasteiger partial charge in [0.25, 0.3) is 10.2 Å². The molecule has 1 aliphatic heterocycles. The van der Waals surface area contributed by atoms with Crippen LogP contribution >= 0.6 is 0 Å². The van der Waals surface area contributed by atoms with E-state index in [1.807, 2.05) is 24.3 Å². The van der Waals surface area contributed by atoms with Crippen LogP contribution in [0.5, 0.6) is 0 Å². The molecule has 0 amide bonds. The molecule has 8 heteroatoms. The van der Waals surface area contributed by atoms with Crippen LogP contribution in [0.25, 0.3) is 11.0 Å². The molecule has 1 saturated heterocycles. The highest BCUT2D eigenvalue weighted by molar-refractivity contribution is 7.86. The number of fused-ring (bicyclic) bond motifs is 1. The van der Waals surface area contributed by atoms with E-state index in [-0.39, 0.29) is 17.8 Å². The first-order valence-electron chi connectivity index (χ1n) is 9.91. The zero-order chi connectivity index (χ0) is 19.0. The van der Waals surface area contributed by atoms with Crippen molar-refractivity contribution >= 4 is 21.2 Å². The fraction of sp³-hybridized carbons (Fsp3) is 0.632. The molecule has 7 nitrogen and oxygen atoms in total. The number of nitrogens with one attached hydrogen (secondary N) is 1. The molecule has 0 atom stereocenters. The lowest BCUT2D eigenvalue weighted by Crippen LogP contribution is -2.50. The summed E-state index contributed by atoms with van der Waals surface area (Å²) in [7, 11) is -1.71. The number of para-hydroxylation sites is 2. The molecule has 1 aliphatic carbocycles. The van der Waals surface area contributed by atoms with E-state index in [1.165, 1.54) is 6.42 Å². The molecule has 0 unspecified atom stereocenters. The van der Waals surface area contributed by atoms with Crippen molar-refractivity contribution in [2.45, 2.75) is 57.0 Å². The van der Waals surface area contributed by atoms with Crippen molar-refractivity contribution in [2.24, 2.45) is 0 Å². The van der Waals surface area contributed by atoms with Crippen LogP contribution in [0.15, 0.2) is 29.1 Å². The first-order valence-corrected chi connectivity index (χ1v) is 11.3. The number of benzene rings is 1. The van der Waals surface area contributed by atoms with Gasteiger partial charge in [0.05, 0.1) is 11.0 Å². The number of piperidine rings is 1. The molecule has 148 valence electrons. The summed E-state index contributed by atoms with van der Waals surface area (Å²) >= 11 is 0. The van der Waals surface area contributed by atoms with Crippen LogP contribution in [0, 0.1) is 0 Å². The maximum absolute atomic E-state index is 13.0. The van der Waals surface area contributed by atoms with Gasteiger partial charge in [-0.05, 0) is 37.8 Å². The van der Waals surface area contributed by atoms with Crippen molar-refractivity contribution < 1.29 is 8.42 Å². The fourth-order valence-electron chi connectivity index (χ4n) is 4.58. The molecule has 0 radical (unpaired) electrons. The molecule has 1 N–H and O–H groups in total. The number of nitrogens with zero attached hydrogens (tertiary/aromatic N) is 3. The molecule has 2 aromatic rings. The summed E-state index contributed by atoms with van der Waals surface area (Å²) in [6.45, 7) is 0.909. The Balaban J connectivity index is 1.48. The zero-order valence-corrected chi connectivity index (χ0v) is 16.6. The molecule has 4 rings (SSSR count). The van der Waals surface area contributed by atoms with E-state index in [2.05, 4.69) is 4.98 Å². The van der Waals surface area contributed by atoms with Gasteiger partial charge in [0.15, 0.2) is 0 Å². The van der Waals surface area contributed by atoms with Crippen molar-refractivity contribution in [3.05, 3.63) is 34.7 Å². The van der Waals surface area contributed by atoms with E-state index in [0.29, 0.717) is 25.9 Å². The molecule has 27 heavy (non-hydrogen) atoms. The number of rotatable bonds is 4. The van der Waals surface area contributed by atoms with E-state index in [9.17, 15) is 13.2 Å². The van der Waals surface area contributed by atoms with Crippen molar-refractivity contribution in [3.8, 4) is 0 Å². The first kappa shape index (κ1) is 18.7. The number of hydrogen-bond donors (Lipinski definition) is 1. The summed E-state index contributed by atoms with van der Waals surface area (Å²) in [4.78, 5) is 15.3. The Morgan fingerprint density at radius 2 is 1.70 bits per heavy atom. The highest BCUT2D eigenvalue weighted by atomic mass is 32.2. The SMILES string of the molecule is CN(C1CCCCC1)S(=O)(=O)N1CCC(n2c(=O)[nH]c3ccccc32)CC1. The number of aromatic nitrogens is 2. The van der Waals surface area contributed by atoms with Crippen molar-refractivity contribution in [1.29, 1.82) is 0 Å². The monoisotopic (exact) mass is 392 g/mol. The van der Waals surface area contributed by atoms with Crippen LogP contribution in [0.2, 0.25) is 0 Å². The van der Waals surface area contributed by atoms with Gasteiger partial charge in [0.2, 0.25) is 0 Å². The van der Waals surface area contributed by atoms with Crippen LogP contribution in [0.1, 0.15) is 51.0 Å². The van der Waals surface area contributed by atoms with Crippen LogP contribution in [0.4, 0.5) is 0 Å². The standard InChI is InChI=1S/C19H28N4O3S/c1-21(15-7-3-2-4-8-15)27(25,26)22-13-11-16(12-14-22)23-18-10-6-5-9-17(18)20-19(23)24/h5-6,9-10,15-16H,2-4,7-8,11-14H2,1H3,(H,20,24). The maximum Gasteiger partial charge on any atom is 0.326 e. The third-order valence-electron chi connectivity index (χ3n) is 6.19. The second-order valence-corrected chi connectivity index (χ2v) is 9.75. The summed E-state index contributed by atoms with van der Waals surface area (Å²) in [5, 5.41) is 0. The van der Waals surface area contributed by atoms with E-state index >= 15 is 0 Å². The summed E-state index contributed by atoms with van der Waals surface area (Å²) in [5.41, 5.74) is 1.61. The fourth-order valence-corrected chi connectivity index (χ4v) is 6.21. The van der Waals surface area contributed by atoms with E-state index < -0.39 is 10.2 Å². The predicted molar refractivity (Wildman–Crippen MR) is 106 cm³/mol. The molecule has 1 aromatic heterocycles. The number of H-pyrrole nitrogens is 1. The lowest BCUT2D eigenvalue weighted by atomic mass is 9.96.